The minimum atomic E-state index is -1.08. The largest absolute Gasteiger partial charge is 0.476 e. The van der Waals surface area contributed by atoms with Gasteiger partial charge in [0.05, 0.1) is 32.6 Å². The van der Waals surface area contributed by atoms with E-state index in [9.17, 15) is 4.79 Å². The van der Waals surface area contributed by atoms with Crippen molar-refractivity contribution < 1.29 is 19.4 Å². The third-order valence-electron chi connectivity index (χ3n) is 1.94. The van der Waals surface area contributed by atoms with Crippen LogP contribution in [0.4, 0.5) is 0 Å². The molecule has 0 aliphatic carbocycles. The topological polar surface area (TPSA) is 86.5 Å². The van der Waals surface area contributed by atoms with Gasteiger partial charge in [-0.3, -0.25) is 0 Å². The summed E-state index contributed by atoms with van der Waals surface area (Å²) >= 11 is 0. The summed E-state index contributed by atoms with van der Waals surface area (Å²) in [6, 6.07) is 0. The van der Waals surface area contributed by atoms with Gasteiger partial charge >= 0.3 is 5.97 Å². The number of hydrogen-bond acceptors (Lipinski definition) is 5. The molecule has 0 bridgehead atoms. The Hall–Kier alpha value is -1.47. The smallest absolute Gasteiger partial charge is 0.358 e. The van der Waals surface area contributed by atoms with Crippen LogP contribution in [0, 0.1) is 0 Å². The summed E-state index contributed by atoms with van der Waals surface area (Å²) in [5.74, 6) is -1.08. The fourth-order valence-corrected chi connectivity index (χ4v) is 1.13. The van der Waals surface area contributed by atoms with Gasteiger partial charge in [-0.2, -0.15) is 0 Å². The van der Waals surface area contributed by atoms with E-state index in [1.165, 1.54) is 10.9 Å². The van der Waals surface area contributed by atoms with Crippen LogP contribution < -0.4 is 0 Å². The Morgan fingerprint density at radius 3 is 2.65 bits per heavy atom. The molecule has 1 aromatic rings. The Morgan fingerprint density at radius 2 is 2.06 bits per heavy atom. The molecule has 0 saturated heterocycles. The molecule has 17 heavy (non-hydrogen) atoms. The summed E-state index contributed by atoms with van der Waals surface area (Å²) in [5, 5.41) is 15.8. The zero-order valence-corrected chi connectivity index (χ0v) is 9.83. The molecule has 7 heteroatoms. The highest BCUT2D eigenvalue weighted by atomic mass is 16.5. The molecule has 0 fully saturated rings. The van der Waals surface area contributed by atoms with Crippen molar-refractivity contribution in [2.45, 2.75) is 19.9 Å². The molecule has 0 amide bonds. The van der Waals surface area contributed by atoms with Gasteiger partial charge in [-0.15, -0.1) is 5.10 Å². The number of rotatable bonds is 9. The molecular formula is C10H17N3O4. The van der Waals surface area contributed by atoms with Crippen LogP contribution in [0.15, 0.2) is 6.20 Å². The predicted molar refractivity (Wildman–Crippen MR) is 58.9 cm³/mol. The number of aromatic nitrogens is 3. The molecule has 0 aliphatic rings. The van der Waals surface area contributed by atoms with Crippen molar-refractivity contribution in [2.75, 3.05) is 26.4 Å². The monoisotopic (exact) mass is 243 g/mol. The third kappa shape index (κ3) is 5.41. The maximum Gasteiger partial charge on any atom is 0.358 e. The fraction of sp³-hybridized carbons (Fsp3) is 0.700. The average molecular weight is 243 g/mol. The van der Waals surface area contributed by atoms with Gasteiger partial charge in [0.25, 0.3) is 0 Å². The van der Waals surface area contributed by atoms with Gasteiger partial charge in [-0.1, -0.05) is 12.1 Å². The standard InChI is InChI=1S/C10H17N3O4/c1-2-4-16-6-7-17-5-3-13-8-9(10(14)15)11-12-13/h8H,2-7H2,1H3,(H,14,15). The van der Waals surface area contributed by atoms with Crippen molar-refractivity contribution in [2.24, 2.45) is 0 Å². The van der Waals surface area contributed by atoms with Crippen molar-refractivity contribution in [3.8, 4) is 0 Å². The normalized spacial score (nSPS) is 10.6. The Kier molecular flexibility index (Phi) is 6.19. The lowest BCUT2D eigenvalue weighted by Gasteiger charge is -2.04. The zero-order chi connectivity index (χ0) is 12.5. The molecular weight excluding hydrogens is 226 g/mol. The van der Waals surface area contributed by atoms with Crippen molar-refractivity contribution >= 4 is 5.97 Å². The average Bonchev–Trinajstić information content (AvgIpc) is 2.77. The summed E-state index contributed by atoms with van der Waals surface area (Å²) in [4.78, 5) is 10.5. The summed E-state index contributed by atoms with van der Waals surface area (Å²) in [7, 11) is 0. The van der Waals surface area contributed by atoms with Crippen LogP contribution >= 0.6 is 0 Å². The van der Waals surface area contributed by atoms with Crippen molar-refractivity contribution in [3.63, 3.8) is 0 Å². The van der Waals surface area contributed by atoms with Gasteiger partial charge in [0.1, 0.15) is 0 Å². The van der Waals surface area contributed by atoms with E-state index in [2.05, 4.69) is 10.3 Å². The maximum atomic E-state index is 10.5. The maximum absolute atomic E-state index is 10.5. The lowest BCUT2D eigenvalue weighted by molar-refractivity contribution is 0.0441. The molecule has 1 aromatic heterocycles. The van der Waals surface area contributed by atoms with Crippen LogP contribution in [0.25, 0.3) is 0 Å². The molecule has 0 radical (unpaired) electrons. The number of carbonyl (C=O) groups is 1. The van der Waals surface area contributed by atoms with E-state index in [4.69, 9.17) is 14.6 Å². The van der Waals surface area contributed by atoms with E-state index in [1.807, 2.05) is 6.92 Å². The molecule has 96 valence electrons. The second kappa shape index (κ2) is 7.75. The molecule has 0 aromatic carbocycles. The molecule has 1 N–H and O–H groups in total. The molecule has 1 heterocycles. The number of carboxylic acid groups (broad SMARTS) is 1. The molecule has 1 rings (SSSR count). The zero-order valence-electron chi connectivity index (χ0n) is 9.83. The van der Waals surface area contributed by atoms with Gasteiger partial charge in [-0.25, -0.2) is 9.48 Å². The van der Waals surface area contributed by atoms with Crippen LogP contribution in [0.5, 0.6) is 0 Å². The fourth-order valence-electron chi connectivity index (χ4n) is 1.13. The first-order valence-electron chi connectivity index (χ1n) is 5.53. The van der Waals surface area contributed by atoms with E-state index in [0.717, 1.165) is 13.0 Å². The van der Waals surface area contributed by atoms with Crippen LogP contribution in [0.2, 0.25) is 0 Å². The van der Waals surface area contributed by atoms with Gasteiger partial charge in [0, 0.05) is 6.61 Å². The SMILES string of the molecule is CCCOCCOCCn1cc(C(=O)O)nn1. The Balaban J connectivity index is 2.07. The lowest BCUT2D eigenvalue weighted by Crippen LogP contribution is -2.10. The van der Waals surface area contributed by atoms with Crippen LogP contribution in [0.3, 0.4) is 0 Å². The van der Waals surface area contributed by atoms with Gasteiger partial charge < -0.3 is 14.6 Å². The van der Waals surface area contributed by atoms with E-state index < -0.39 is 5.97 Å². The van der Waals surface area contributed by atoms with Gasteiger partial charge in [0.2, 0.25) is 0 Å². The highest BCUT2D eigenvalue weighted by Crippen LogP contribution is 1.92. The minimum Gasteiger partial charge on any atom is -0.476 e. The highest BCUT2D eigenvalue weighted by Gasteiger charge is 2.07. The van der Waals surface area contributed by atoms with E-state index in [0.29, 0.717) is 26.4 Å². The summed E-state index contributed by atoms with van der Waals surface area (Å²) in [5.41, 5.74) is -0.0590. The summed E-state index contributed by atoms with van der Waals surface area (Å²) in [6.07, 6.45) is 2.37. The lowest BCUT2D eigenvalue weighted by atomic mass is 10.5. The van der Waals surface area contributed by atoms with Crippen LogP contribution in [-0.2, 0) is 16.0 Å². The van der Waals surface area contributed by atoms with Crippen molar-refractivity contribution in [1.82, 2.24) is 15.0 Å². The minimum absolute atomic E-state index is 0.0590. The number of carboxylic acids is 1. The highest BCUT2D eigenvalue weighted by molar-refractivity contribution is 5.84. The van der Waals surface area contributed by atoms with Crippen molar-refractivity contribution in [1.29, 1.82) is 0 Å². The van der Waals surface area contributed by atoms with E-state index in [1.54, 1.807) is 0 Å². The van der Waals surface area contributed by atoms with Gasteiger partial charge in [-0.05, 0) is 6.42 Å². The second-order valence-corrected chi connectivity index (χ2v) is 3.40. The first kappa shape index (κ1) is 13.6. The molecule has 0 unspecified atom stereocenters. The quantitative estimate of drug-likeness (QED) is 0.632. The number of hydrogen-bond donors (Lipinski definition) is 1. The third-order valence-corrected chi connectivity index (χ3v) is 1.94. The summed E-state index contributed by atoms with van der Waals surface area (Å²) < 4.78 is 12.0. The summed E-state index contributed by atoms with van der Waals surface area (Å²) in [6.45, 7) is 4.83. The molecule has 0 aliphatic heterocycles. The molecule has 0 saturated carbocycles. The first-order chi connectivity index (χ1) is 8.24. The van der Waals surface area contributed by atoms with E-state index in [-0.39, 0.29) is 5.69 Å². The van der Waals surface area contributed by atoms with Crippen LogP contribution in [0.1, 0.15) is 23.8 Å². The van der Waals surface area contributed by atoms with Crippen LogP contribution in [-0.4, -0.2) is 52.5 Å². The van der Waals surface area contributed by atoms with E-state index >= 15 is 0 Å². The number of ether oxygens (including phenoxy) is 2. The molecule has 7 nitrogen and oxygen atoms in total. The first-order valence-corrected chi connectivity index (χ1v) is 5.53. The number of aromatic carboxylic acids is 1. The number of nitrogens with zero attached hydrogens (tertiary/aromatic N) is 3. The second-order valence-electron chi connectivity index (χ2n) is 3.40. The Labute approximate surface area is 99.3 Å². The predicted octanol–water partition coefficient (Wildman–Crippen LogP) is 0.419. The Bertz CT molecular complexity index is 340. The molecule has 0 atom stereocenters. The van der Waals surface area contributed by atoms with Gasteiger partial charge in [0.15, 0.2) is 5.69 Å². The van der Waals surface area contributed by atoms with Crippen molar-refractivity contribution in [3.05, 3.63) is 11.9 Å². The Morgan fingerprint density at radius 1 is 1.35 bits per heavy atom. The molecule has 0 spiro atoms.